The molecule has 2 rings (SSSR count). The van der Waals surface area contributed by atoms with Crippen LogP contribution in [0.25, 0.3) is 0 Å². The molecule has 0 spiro atoms. The summed E-state index contributed by atoms with van der Waals surface area (Å²) in [5, 5.41) is 8.03. The summed E-state index contributed by atoms with van der Waals surface area (Å²) in [6.07, 6.45) is 0.889. The molecular weight excluding hydrogens is 324 g/mol. The summed E-state index contributed by atoms with van der Waals surface area (Å²) in [7, 11) is -3.83. The van der Waals surface area contributed by atoms with Crippen molar-refractivity contribution in [3.05, 3.63) is 65.2 Å². The third-order valence-electron chi connectivity index (χ3n) is 4.05. The Balaban J connectivity index is 2.15. The van der Waals surface area contributed by atoms with Crippen LogP contribution in [0.15, 0.2) is 53.4 Å². The SMILES string of the molecule is CC[C@@H](CNC(=O)c1cc(S(N)(=O)=O)ccc1C)c1ccccc1. The third kappa shape index (κ3) is 4.43. The Kier molecular flexibility index (Phi) is 5.75. The van der Waals surface area contributed by atoms with Gasteiger partial charge in [-0.25, -0.2) is 13.6 Å². The molecule has 0 unspecified atom stereocenters. The van der Waals surface area contributed by atoms with E-state index in [4.69, 9.17) is 5.14 Å². The molecule has 0 fully saturated rings. The van der Waals surface area contributed by atoms with Crippen molar-refractivity contribution in [3.63, 3.8) is 0 Å². The van der Waals surface area contributed by atoms with Gasteiger partial charge in [-0.3, -0.25) is 4.79 Å². The van der Waals surface area contributed by atoms with Gasteiger partial charge in [-0.15, -0.1) is 0 Å². The van der Waals surface area contributed by atoms with Gasteiger partial charge in [0.1, 0.15) is 0 Å². The molecule has 0 aliphatic carbocycles. The summed E-state index contributed by atoms with van der Waals surface area (Å²) in [6.45, 7) is 4.31. The average molecular weight is 346 g/mol. The van der Waals surface area contributed by atoms with E-state index in [1.165, 1.54) is 12.1 Å². The summed E-state index contributed by atoms with van der Waals surface area (Å²) in [5.41, 5.74) is 2.19. The molecule has 0 saturated carbocycles. The molecule has 2 aromatic rings. The second-order valence-corrected chi connectivity index (χ2v) is 7.31. The molecule has 0 aliphatic rings. The highest BCUT2D eigenvalue weighted by Crippen LogP contribution is 2.19. The summed E-state index contributed by atoms with van der Waals surface area (Å²) in [6, 6.07) is 14.3. The van der Waals surface area contributed by atoms with Gasteiger partial charge in [-0.05, 0) is 36.6 Å². The maximum atomic E-state index is 12.4. The van der Waals surface area contributed by atoms with Gasteiger partial charge in [0.15, 0.2) is 0 Å². The van der Waals surface area contributed by atoms with E-state index in [9.17, 15) is 13.2 Å². The third-order valence-corrected chi connectivity index (χ3v) is 4.97. The topological polar surface area (TPSA) is 89.3 Å². The van der Waals surface area contributed by atoms with Crippen LogP contribution in [-0.2, 0) is 10.0 Å². The monoisotopic (exact) mass is 346 g/mol. The van der Waals surface area contributed by atoms with Gasteiger partial charge in [0, 0.05) is 18.0 Å². The van der Waals surface area contributed by atoms with E-state index in [1.807, 2.05) is 30.3 Å². The molecule has 24 heavy (non-hydrogen) atoms. The smallest absolute Gasteiger partial charge is 0.251 e. The van der Waals surface area contributed by atoms with Crippen LogP contribution in [0.3, 0.4) is 0 Å². The van der Waals surface area contributed by atoms with Gasteiger partial charge in [0.25, 0.3) is 5.91 Å². The number of aryl methyl sites for hydroxylation is 1. The predicted octanol–water partition coefficient (Wildman–Crippen LogP) is 2.57. The van der Waals surface area contributed by atoms with E-state index in [1.54, 1.807) is 13.0 Å². The van der Waals surface area contributed by atoms with Crippen molar-refractivity contribution in [3.8, 4) is 0 Å². The Labute approximate surface area is 142 Å². The molecule has 1 amide bonds. The van der Waals surface area contributed by atoms with Crippen LogP contribution in [0.4, 0.5) is 0 Å². The number of amides is 1. The summed E-state index contributed by atoms with van der Waals surface area (Å²) < 4.78 is 22.9. The molecule has 0 heterocycles. The maximum Gasteiger partial charge on any atom is 0.251 e. The Hall–Kier alpha value is -2.18. The normalized spacial score (nSPS) is 12.6. The van der Waals surface area contributed by atoms with Crippen LogP contribution >= 0.6 is 0 Å². The van der Waals surface area contributed by atoms with Crippen molar-refractivity contribution in [2.45, 2.75) is 31.1 Å². The van der Waals surface area contributed by atoms with Gasteiger partial charge in [-0.2, -0.15) is 0 Å². The van der Waals surface area contributed by atoms with E-state index in [-0.39, 0.29) is 16.7 Å². The molecule has 0 aromatic heterocycles. The van der Waals surface area contributed by atoms with Crippen molar-refractivity contribution < 1.29 is 13.2 Å². The number of hydrogen-bond acceptors (Lipinski definition) is 3. The maximum absolute atomic E-state index is 12.4. The van der Waals surface area contributed by atoms with Gasteiger partial charge >= 0.3 is 0 Å². The van der Waals surface area contributed by atoms with Gasteiger partial charge in [-0.1, -0.05) is 43.3 Å². The first-order valence-electron chi connectivity index (χ1n) is 7.79. The lowest BCUT2D eigenvalue weighted by Gasteiger charge is -2.17. The Morgan fingerprint density at radius 2 is 1.83 bits per heavy atom. The lowest BCUT2D eigenvalue weighted by Crippen LogP contribution is -2.29. The summed E-state index contributed by atoms with van der Waals surface area (Å²) in [4.78, 5) is 12.4. The lowest BCUT2D eigenvalue weighted by molar-refractivity contribution is 0.0950. The quantitative estimate of drug-likeness (QED) is 0.842. The highest BCUT2D eigenvalue weighted by Gasteiger charge is 2.16. The van der Waals surface area contributed by atoms with Crippen molar-refractivity contribution >= 4 is 15.9 Å². The van der Waals surface area contributed by atoms with Crippen LogP contribution in [0.2, 0.25) is 0 Å². The van der Waals surface area contributed by atoms with Gasteiger partial charge in [0.2, 0.25) is 10.0 Å². The molecule has 1 atom stereocenters. The average Bonchev–Trinajstić information content (AvgIpc) is 2.55. The number of nitrogens with one attached hydrogen (secondary N) is 1. The Morgan fingerprint density at radius 3 is 2.42 bits per heavy atom. The number of benzene rings is 2. The summed E-state index contributed by atoms with van der Waals surface area (Å²) in [5.74, 6) is -0.0933. The second kappa shape index (κ2) is 7.59. The standard InChI is InChI=1S/C18H22N2O3S/c1-3-14(15-7-5-4-6-8-15)12-20-18(21)17-11-16(24(19,22)23)10-9-13(17)2/h4-11,14H,3,12H2,1-2H3,(H,20,21)(H2,19,22,23)/t14-/m0/s1. The van der Waals surface area contributed by atoms with Crippen LogP contribution in [0, 0.1) is 6.92 Å². The first kappa shape index (κ1) is 18.2. The molecule has 128 valence electrons. The molecule has 0 aliphatic heterocycles. The first-order chi connectivity index (χ1) is 11.3. The number of carbonyl (C=O) groups excluding carboxylic acids is 1. The zero-order chi connectivity index (χ0) is 17.7. The summed E-state index contributed by atoms with van der Waals surface area (Å²) >= 11 is 0. The van der Waals surface area contributed by atoms with Crippen LogP contribution in [0.1, 0.15) is 40.7 Å². The molecule has 0 saturated heterocycles. The highest BCUT2D eigenvalue weighted by molar-refractivity contribution is 7.89. The highest BCUT2D eigenvalue weighted by atomic mass is 32.2. The Bertz CT molecular complexity index is 817. The molecule has 3 N–H and O–H groups in total. The van der Waals surface area contributed by atoms with E-state index in [0.717, 1.165) is 12.0 Å². The van der Waals surface area contributed by atoms with E-state index >= 15 is 0 Å². The molecule has 0 radical (unpaired) electrons. The first-order valence-corrected chi connectivity index (χ1v) is 9.34. The van der Waals surface area contributed by atoms with Crippen molar-refractivity contribution in [1.82, 2.24) is 5.32 Å². The van der Waals surface area contributed by atoms with Crippen LogP contribution in [-0.4, -0.2) is 20.9 Å². The van der Waals surface area contributed by atoms with Gasteiger partial charge in [0.05, 0.1) is 4.90 Å². The van der Waals surface area contributed by atoms with E-state index < -0.39 is 10.0 Å². The number of rotatable bonds is 6. The molecule has 6 heteroatoms. The van der Waals surface area contributed by atoms with Crippen molar-refractivity contribution in [2.75, 3.05) is 6.54 Å². The minimum Gasteiger partial charge on any atom is -0.351 e. The number of primary sulfonamides is 1. The van der Waals surface area contributed by atoms with Crippen LogP contribution < -0.4 is 10.5 Å². The van der Waals surface area contributed by atoms with Crippen molar-refractivity contribution in [2.24, 2.45) is 5.14 Å². The molecule has 2 aromatic carbocycles. The minimum absolute atomic E-state index is 0.0617. The number of hydrogen-bond donors (Lipinski definition) is 2. The number of carbonyl (C=O) groups is 1. The number of nitrogens with two attached hydrogens (primary N) is 1. The largest absolute Gasteiger partial charge is 0.351 e. The zero-order valence-corrected chi connectivity index (χ0v) is 14.6. The van der Waals surface area contributed by atoms with E-state index in [0.29, 0.717) is 17.7 Å². The van der Waals surface area contributed by atoms with Gasteiger partial charge < -0.3 is 5.32 Å². The van der Waals surface area contributed by atoms with Crippen molar-refractivity contribution in [1.29, 1.82) is 0 Å². The fraction of sp³-hybridized carbons (Fsp3) is 0.278. The molecular formula is C18H22N2O3S. The van der Waals surface area contributed by atoms with E-state index in [2.05, 4.69) is 12.2 Å². The lowest BCUT2D eigenvalue weighted by atomic mass is 9.96. The Morgan fingerprint density at radius 1 is 1.17 bits per heavy atom. The second-order valence-electron chi connectivity index (χ2n) is 5.75. The number of sulfonamides is 1. The molecule has 0 bridgehead atoms. The fourth-order valence-electron chi connectivity index (χ4n) is 2.56. The fourth-order valence-corrected chi connectivity index (χ4v) is 3.10. The zero-order valence-electron chi connectivity index (χ0n) is 13.8. The molecule has 5 nitrogen and oxygen atoms in total. The minimum atomic E-state index is -3.83. The predicted molar refractivity (Wildman–Crippen MR) is 94.4 cm³/mol. The van der Waals surface area contributed by atoms with Crippen LogP contribution in [0.5, 0.6) is 0 Å².